The van der Waals surface area contributed by atoms with Crippen LogP contribution in [0.4, 0.5) is 5.69 Å². The van der Waals surface area contributed by atoms with Crippen LogP contribution in [0.1, 0.15) is 62.4 Å². The topological polar surface area (TPSA) is 134 Å². The highest BCUT2D eigenvalue weighted by atomic mass is 16.6. The molecule has 0 saturated carbocycles. The predicted octanol–water partition coefficient (Wildman–Crippen LogP) is 1.10. The summed E-state index contributed by atoms with van der Waals surface area (Å²) in [4.78, 5) is 61.8. The van der Waals surface area contributed by atoms with Crippen LogP contribution in [0.2, 0.25) is 0 Å². The maximum Gasteiger partial charge on any atom is 0.306 e. The molecule has 2 aliphatic heterocycles. The zero-order chi connectivity index (χ0) is 24.2. The fourth-order valence-corrected chi connectivity index (χ4v) is 3.84. The lowest BCUT2D eigenvalue weighted by Gasteiger charge is -2.29. The van der Waals surface area contributed by atoms with Crippen molar-refractivity contribution in [3.63, 3.8) is 0 Å². The highest BCUT2D eigenvalue weighted by Gasteiger charge is 2.39. The van der Waals surface area contributed by atoms with Gasteiger partial charge in [0.05, 0.1) is 6.54 Å². The quantitative estimate of drug-likeness (QED) is 0.302. The lowest BCUT2D eigenvalue weighted by Crippen LogP contribution is -2.52. The molecule has 3 N–H and O–H groups in total. The first-order valence-corrected chi connectivity index (χ1v) is 11.0. The van der Waals surface area contributed by atoms with E-state index in [-0.39, 0.29) is 49.6 Å². The van der Waals surface area contributed by atoms with Crippen molar-refractivity contribution >= 4 is 35.3 Å². The van der Waals surface area contributed by atoms with Crippen LogP contribution in [-0.4, -0.2) is 59.2 Å². The van der Waals surface area contributed by atoms with Gasteiger partial charge >= 0.3 is 5.97 Å². The van der Waals surface area contributed by atoms with Crippen LogP contribution in [0, 0.1) is 0 Å². The van der Waals surface area contributed by atoms with E-state index in [1.807, 2.05) is 0 Å². The fraction of sp³-hybridized carbons (Fsp3) is 0.522. The minimum absolute atomic E-state index is 0.00447. The Morgan fingerprint density at radius 3 is 2.67 bits per heavy atom. The van der Waals surface area contributed by atoms with E-state index in [0.717, 1.165) is 0 Å². The van der Waals surface area contributed by atoms with E-state index in [9.17, 15) is 24.0 Å². The number of nitrogens with zero attached hydrogens (tertiary/aromatic N) is 1. The zero-order valence-corrected chi connectivity index (χ0v) is 19.2. The lowest BCUT2D eigenvalue weighted by atomic mass is 10.0. The number of amides is 4. The fourth-order valence-electron chi connectivity index (χ4n) is 3.84. The van der Waals surface area contributed by atoms with Gasteiger partial charge in [-0.1, -0.05) is 6.07 Å². The predicted molar refractivity (Wildman–Crippen MR) is 119 cm³/mol. The van der Waals surface area contributed by atoms with Crippen LogP contribution in [0.3, 0.4) is 0 Å². The first-order chi connectivity index (χ1) is 15.5. The maximum absolute atomic E-state index is 12.8. The number of benzene rings is 1. The zero-order valence-electron chi connectivity index (χ0n) is 19.2. The first-order valence-electron chi connectivity index (χ1n) is 11.0. The standard InChI is InChI=1S/C23H30N4O6/c1-23(2,3)33-20(30)8-5-11-24-19(29)12-25-16-7-4-6-14-15(16)13-27(22(14)32)17-9-10-18(28)26-21(17)31/h4,6-7,17,25H,5,8-13H2,1-3H3,(H,24,29)(H,26,28,31). The molecule has 1 unspecified atom stereocenters. The SMILES string of the molecule is CC(C)(C)OC(=O)CCCNC(=O)CNc1cccc2c1CN(C1CCC(=O)NC1=O)C2=O. The van der Waals surface area contributed by atoms with Gasteiger partial charge in [0, 0.05) is 42.7 Å². The highest BCUT2D eigenvalue weighted by Crippen LogP contribution is 2.32. The number of rotatable bonds is 8. The number of nitrogens with one attached hydrogen (secondary N) is 3. The largest absolute Gasteiger partial charge is 0.460 e. The van der Waals surface area contributed by atoms with Crippen molar-refractivity contribution in [2.24, 2.45) is 0 Å². The molecule has 1 atom stereocenters. The third-order valence-electron chi connectivity index (χ3n) is 5.32. The van der Waals surface area contributed by atoms with Gasteiger partial charge in [-0.05, 0) is 45.7 Å². The monoisotopic (exact) mass is 458 g/mol. The van der Waals surface area contributed by atoms with Crippen molar-refractivity contribution in [3.05, 3.63) is 29.3 Å². The maximum atomic E-state index is 12.8. The molecule has 2 aliphatic rings. The summed E-state index contributed by atoms with van der Waals surface area (Å²) in [5.41, 5.74) is 1.29. The second kappa shape index (κ2) is 10.0. The minimum Gasteiger partial charge on any atom is -0.460 e. The molecule has 1 saturated heterocycles. The molecule has 1 aromatic rings. The van der Waals surface area contributed by atoms with E-state index in [0.29, 0.717) is 36.2 Å². The Hall–Kier alpha value is -3.43. The van der Waals surface area contributed by atoms with E-state index < -0.39 is 17.6 Å². The Balaban J connectivity index is 1.50. The molecular formula is C23H30N4O6. The Bertz CT molecular complexity index is 968. The van der Waals surface area contributed by atoms with Crippen molar-refractivity contribution in [2.45, 2.75) is 64.6 Å². The van der Waals surface area contributed by atoms with E-state index in [1.54, 1.807) is 39.0 Å². The number of fused-ring (bicyclic) bond motifs is 1. The molecule has 0 bridgehead atoms. The van der Waals surface area contributed by atoms with Gasteiger partial charge in [0.25, 0.3) is 5.91 Å². The van der Waals surface area contributed by atoms with Crippen LogP contribution >= 0.6 is 0 Å². The second-order valence-electron chi connectivity index (χ2n) is 9.13. The highest BCUT2D eigenvalue weighted by molar-refractivity contribution is 6.06. The summed E-state index contributed by atoms with van der Waals surface area (Å²) in [5, 5.41) is 8.08. The number of esters is 1. The molecular weight excluding hydrogens is 428 g/mol. The van der Waals surface area contributed by atoms with Gasteiger partial charge in [0.1, 0.15) is 11.6 Å². The van der Waals surface area contributed by atoms with E-state index in [4.69, 9.17) is 4.74 Å². The smallest absolute Gasteiger partial charge is 0.306 e. The summed E-state index contributed by atoms with van der Waals surface area (Å²) in [5.74, 6) is -1.62. The molecule has 1 fully saturated rings. The summed E-state index contributed by atoms with van der Waals surface area (Å²) in [6.45, 7) is 5.97. The number of piperidine rings is 1. The lowest BCUT2D eigenvalue weighted by molar-refractivity contribution is -0.155. The summed E-state index contributed by atoms with van der Waals surface area (Å²) in [7, 11) is 0. The van der Waals surface area contributed by atoms with Gasteiger partial charge in [0.2, 0.25) is 17.7 Å². The normalized spacial score (nSPS) is 18.0. The molecule has 33 heavy (non-hydrogen) atoms. The van der Waals surface area contributed by atoms with Gasteiger partial charge in [-0.2, -0.15) is 0 Å². The molecule has 3 rings (SSSR count). The van der Waals surface area contributed by atoms with Crippen LogP contribution in [0.15, 0.2) is 18.2 Å². The number of imide groups is 1. The van der Waals surface area contributed by atoms with Gasteiger partial charge in [-0.3, -0.25) is 29.3 Å². The average molecular weight is 459 g/mol. The van der Waals surface area contributed by atoms with E-state index in [1.165, 1.54) is 4.90 Å². The molecule has 0 aliphatic carbocycles. The first kappa shape index (κ1) is 24.2. The molecule has 10 nitrogen and oxygen atoms in total. The van der Waals surface area contributed by atoms with Crippen LogP contribution in [-0.2, 0) is 30.5 Å². The minimum atomic E-state index is -0.691. The average Bonchev–Trinajstić information content (AvgIpc) is 3.05. The number of ether oxygens (including phenoxy) is 1. The van der Waals surface area contributed by atoms with E-state index in [2.05, 4.69) is 16.0 Å². The molecule has 0 radical (unpaired) electrons. The van der Waals surface area contributed by atoms with Crippen LogP contribution < -0.4 is 16.0 Å². The second-order valence-corrected chi connectivity index (χ2v) is 9.13. The molecule has 178 valence electrons. The van der Waals surface area contributed by atoms with Gasteiger partial charge in [-0.15, -0.1) is 0 Å². The third kappa shape index (κ3) is 6.30. The molecule has 2 heterocycles. The Labute approximate surface area is 192 Å². The third-order valence-corrected chi connectivity index (χ3v) is 5.32. The molecule has 10 heteroatoms. The van der Waals surface area contributed by atoms with Crippen molar-refractivity contribution in [3.8, 4) is 0 Å². The molecule has 1 aromatic carbocycles. The number of carbonyl (C=O) groups excluding carboxylic acids is 5. The van der Waals surface area contributed by atoms with Crippen molar-refractivity contribution in [2.75, 3.05) is 18.4 Å². The summed E-state index contributed by atoms with van der Waals surface area (Å²) in [6, 6.07) is 4.48. The van der Waals surface area contributed by atoms with E-state index >= 15 is 0 Å². The molecule has 0 spiro atoms. The van der Waals surface area contributed by atoms with Gasteiger partial charge in [-0.25, -0.2) is 0 Å². The number of carbonyl (C=O) groups is 5. The Kier molecular flexibility index (Phi) is 7.35. The van der Waals surface area contributed by atoms with Crippen molar-refractivity contribution in [1.82, 2.24) is 15.5 Å². The number of hydrogen-bond donors (Lipinski definition) is 3. The van der Waals surface area contributed by atoms with Crippen LogP contribution in [0.25, 0.3) is 0 Å². The number of anilines is 1. The Morgan fingerprint density at radius 2 is 1.97 bits per heavy atom. The van der Waals surface area contributed by atoms with Crippen molar-refractivity contribution in [1.29, 1.82) is 0 Å². The summed E-state index contributed by atoms with van der Waals surface area (Å²) in [6.07, 6.45) is 1.17. The molecule has 4 amide bonds. The van der Waals surface area contributed by atoms with Gasteiger partial charge < -0.3 is 20.3 Å². The summed E-state index contributed by atoms with van der Waals surface area (Å²) >= 11 is 0. The van der Waals surface area contributed by atoms with Gasteiger partial charge in [0.15, 0.2) is 0 Å². The Morgan fingerprint density at radius 1 is 1.21 bits per heavy atom. The van der Waals surface area contributed by atoms with Crippen LogP contribution in [0.5, 0.6) is 0 Å². The summed E-state index contributed by atoms with van der Waals surface area (Å²) < 4.78 is 5.23. The number of hydrogen-bond acceptors (Lipinski definition) is 7. The van der Waals surface area contributed by atoms with Crippen molar-refractivity contribution < 1.29 is 28.7 Å². The molecule has 0 aromatic heterocycles.